The number of hydrogen-bond donors (Lipinski definition) is 2. The molecule has 0 heterocycles. The number of quaternary nitrogens is 2. The van der Waals surface area contributed by atoms with E-state index in [0.29, 0.717) is 0 Å². The zero-order chi connectivity index (χ0) is 9.00. The Bertz CT molecular complexity index is 217. The smallest absolute Gasteiger partial charge is 0.759 e. The van der Waals surface area contributed by atoms with E-state index in [1.165, 1.54) is 0 Å². The van der Waals surface area contributed by atoms with Crippen LogP contribution in [0.3, 0.4) is 0 Å². The molecule has 13 heteroatoms. The fourth-order valence-electron chi connectivity index (χ4n) is 0. The van der Waals surface area contributed by atoms with Crippen LogP contribution >= 0.6 is 0 Å². The Labute approximate surface area is 95.2 Å². The molecule has 0 aromatic heterocycles. The fraction of sp³-hybridized carbons (Fsp3) is 0. The van der Waals surface area contributed by atoms with Crippen molar-refractivity contribution in [3.05, 3.63) is 0 Å². The van der Waals surface area contributed by atoms with Crippen LogP contribution in [0.2, 0.25) is 0 Å². The maximum absolute atomic E-state index is 8.52. The maximum atomic E-state index is 8.52. The summed E-state index contributed by atoms with van der Waals surface area (Å²) in [6.45, 7) is 0. The third kappa shape index (κ3) is 4160. The predicted octanol–water partition coefficient (Wildman–Crippen LogP) is -2.30. The van der Waals surface area contributed by atoms with Gasteiger partial charge in [-0.25, -0.2) is 0 Å². The van der Waals surface area contributed by atoms with Crippen molar-refractivity contribution in [1.29, 1.82) is 0 Å². The van der Waals surface area contributed by atoms with Gasteiger partial charge < -0.3 is 30.5 Å². The van der Waals surface area contributed by atoms with E-state index in [1.807, 2.05) is 0 Å². The normalized spacial score (nSPS) is 8.92. The molecule has 0 saturated carbocycles. The SMILES string of the molecule is O=S(=O)([O-])[O-].O=S(=O)([O-])[O-].[NH4+].[NH4+].[Pb+2]. The largest absolute Gasteiger partial charge is 2.00 e. The van der Waals surface area contributed by atoms with Crippen molar-refractivity contribution in [2.75, 3.05) is 0 Å². The standard InChI is InChI=1S/2H3N.2H2O4S.Pb/c;;2*1-5(2,3)4;/h2*1H3;2*(H2,1,2,3,4);/q;;;;+2/p-2. The molecule has 0 rings (SSSR count). The van der Waals surface area contributed by atoms with E-state index >= 15 is 0 Å². The van der Waals surface area contributed by atoms with Gasteiger partial charge in [-0.05, 0) is 0 Å². The first kappa shape index (κ1) is 29.2. The molecule has 0 atom stereocenters. The Hall–Kier alpha value is 0.582. The molecule has 0 aromatic rings. The zero-order valence-corrected chi connectivity index (χ0v) is 12.1. The van der Waals surface area contributed by atoms with Crippen molar-refractivity contribution in [2.24, 2.45) is 0 Å². The molecule has 0 saturated heterocycles. The topological polar surface area (TPSA) is 234 Å². The molecule has 82 valence electrons. The maximum Gasteiger partial charge on any atom is 2.00 e. The van der Waals surface area contributed by atoms with Gasteiger partial charge in [-0.3, -0.25) is 16.8 Å². The van der Waals surface area contributed by atoms with E-state index in [1.54, 1.807) is 0 Å². The Morgan fingerprint density at radius 2 is 0.615 bits per heavy atom. The van der Waals surface area contributed by atoms with E-state index in [-0.39, 0.29) is 39.6 Å². The van der Waals surface area contributed by atoms with E-state index in [2.05, 4.69) is 0 Å². The van der Waals surface area contributed by atoms with Crippen LogP contribution in [0.5, 0.6) is 0 Å². The molecule has 0 amide bonds. The molecule has 2 radical (unpaired) electrons. The first-order valence-electron chi connectivity index (χ1n) is 1.33. The van der Waals surface area contributed by atoms with Crippen molar-refractivity contribution in [1.82, 2.24) is 12.3 Å². The summed E-state index contributed by atoms with van der Waals surface area (Å²) in [6.07, 6.45) is 0. The molecule has 0 spiro atoms. The van der Waals surface area contributed by atoms with Crippen LogP contribution in [0.25, 0.3) is 0 Å². The van der Waals surface area contributed by atoms with Crippen molar-refractivity contribution in [2.45, 2.75) is 0 Å². The molecular weight excluding hydrogens is 427 g/mol. The Kier molecular flexibility index (Phi) is 23.9. The van der Waals surface area contributed by atoms with Crippen molar-refractivity contribution >= 4 is 48.1 Å². The molecule has 10 nitrogen and oxygen atoms in total. The van der Waals surface area contributed by atoms with Gasteiger partial charge in [-0.1, -0.05) is 0 Å². The van der Waals surface area contributed by atoms with Gasteiger partial charge in [0.1, 0.15) is 0 Å². The van der Waals surface area contributed by atoms with E-state index in [0.717, 1.165) is 0 Å². The van der Waals surface area contributed by atoms with Gasteiger partial charge in [0.2, 0.25) is 0 Å². The molecule has 0 bridgehead atoms. The molecule has 0 fully saturated rings. The summed E-state index contributed by atoms with van der Waals surface area (Å²) >= 11 is 0. The van der Waals surface area contributed by atoms with Crippen LogP contribution in [0.4, 0.5) is 0 Å². The fourth-order valence-corrected chi connectivity index (χ4v) is 0. The van der Waals surface area contributed by atoms with Crippen LogP contribution in [0.15, 0.2) is 0 Å². The number of rotatable bonds is 0. The van der Waals surface area contributed by atoms with E-state index < -0.39 is 20.8 Å². The summed E-state index contributed by atoms with van der Waals surface area (Å²) in [5, 5.41) is 0. The second-order valence-electron chi connectivity index (χ2n) is 0.816. The first-order valence-corrected chi connectivity index (χ1v) is 4.00. The minimum atomic E-state index is -5.17. The molecule has 0 aliphatic carbocycles. The zero-order valence-electron chi connectivity index (χ0n) is 6.58. The molecule has 0 aliphatic rings. The third-order valence-corrected chi connectivity index (χ3v) is 0. The van der Waals surface area contributed by atoms with Gasteiger partial charge in [0.15, 0.2) is 0 Å². The van der Waals surface area contributed by atoms with Gasteiger partial charge in [-0.15, -0.1) is 0 Å². The summed E-state index contributed by atoms with van der Waals surface area (Å²) in [5.41, 5.74) is 0. The van der Waals surface area contributed by atoms with Gasteiger partial charge in [0.05, 0.1) is 0 Å². The van der Waals surface area contributed by atoms with E-state index in [9.17, 15) is 0 Å². The second-order valence-corrected chi connectivity index (χ2v) is 2.45. The van der Waals surface area contributed by atoms with Crippen LogP contribution in [-0.4, -0.2) is 62.3 Å². The molecule has 13 heavy (non-hydrogen) atoms. The van der Waals surface area contributed by atoms with Gasteiger partial charge in [-0.2, -0.15) is 0 Å². The van der Waals surface area contributed by atoms with Gasteiger partial charge >= 0.3 is 27.3 Å². The third-order valence-electron chi connectivity index (χ3n) is 0. The quantitative estimate of drug-likeness (QED) is 0.238. The van der Waals surface area contributed by atoms with Crippen LogP contribution in [0, 0.1) is 0 Å². The van der Waals surface area contributed by atoms with E-state index in [4.69, 9.17) is 35.0 Å². The Balaban J connectivity index is -0.0000000267. The molecule has 8 N–H and O–H groups in total. The average Bonchev–Trinajstić information content (AvgIpc) is 1.12. The molecule has 0 aliphatic heterocycles. The molecule has 0 aromatic carbocycles. The predicted molar refractivity (Wildman–Crippen MR) is 38.7 cm³/mol. The first-order chi connectivity index (χ1) is 4.00. The summed E-state index contributed by atoms with van der Waals surface area (Å²) in [4.78, 5) is 0. The average molecular weight is 435 g/mol. The summed E-state index contributed by atoms with van der Waals surface area (Å²) in [5.74, 6) is 0. The van der Waals surface area contributed by atoms with Crippen molar-refractivity contribution < 1.29 is 35.0 Å². The number of hydrogen-bond acceptors (Lipinski definition) is 8. The molecule has 0 unspecified atom stereocenters. The van der Waals surface area contributed by atoms with Gasteiger partial charge in [0.25, 0.3) is 0 Å². The monoisotopic (exact) mass is 436 g/mol. The van der Waals surface area contributed by atoms with Gasteiger partial charge in [0, 0.05) is 20.8 Å². The summed E-state index contributed by atoms with van der Waals surface area (Å²) in [6, 6.07) is 0. The Morgan fingerprint density at radius 1 is 0.615 bits per heavy atom. The van der Waals surface area contributed by atoms with Crippen LogP contribution < -0.4 is 12.3 Å². The van der Waals surface area contributed by atoms with Crippen LogP contribution in [-0.2, 0) is 20.8 Å². The Morgan fingerprint density at radius 3 is 0.615 bits per heavy atom. The molecular formula is H8N2O8PbS2. The van der Waals surface area contributed by atoms with Crippen molar-refractivity contribution in [3.8, 4) is 0 Å². The second kappa shape index (κ2) is 10.7. The summed E-state index contributed by atoms with van der Waals surface area (Å²) in [7, 11) is -10.3. The summed E-state index contributed by atoms with van der Waals surface area (Å²) < 4.78 is 68.2. The minimum absolute atomic E-state index is 0. The minimum Gasteiger partial charge on any atom is -0.759 e. The van der Waals surface area contributed by atoms with Crippen LogP contribution in [0.1, 0.15) is 0 Å². The van der Waals surface area contributed by atoms with Crippen molar-refractivity contribution in [3.63, 3.8) is 0 Å².